The molecule has 0 amide bonds. The zero-order valence-corrected chi connectivity index (χ0v) is 20.0. The number of halogens is 6. The Kier molecular flexibility index (Phi) is 6.08. The Labute approximate surface area is 173 Å². The summed E-state index contributed by atoms with van der Waals surface area (Å²) in [5.74, 6) is 0. The van der Waals surface area contributed by atoms with Crippen LogP contribution in [0.25, 0.3) is 0 Å². The average Bonchev–Trinajstić information content (AvgIpc) is 2.70. The van der Waals surface area contributed by atoms with Gasteiger partial charge in [0.25, 0.3) is 13.4 Å². The number of rotatable bonds is 3. The summed E-state index contributed by atoms with van der Waals surface area (Å²) in [6.45, 7) is -5.89. The fourth-order valence-electron chi connectivity index (χ4n) is 3.57. The Balaban J connectivity index is 2.22. The van der Waals surface area contributed by atoms with Crippen LogP contribution < -0.4 is 0 Å². The van der Waals surface area contributed by atoms with E-state index in [1.54, 1.807) is 0 Å². The molecule has 128 valence electrons. The van der Waals surface area contributed by atoms with E-state index >= 15 is 0 Å². The monoisotopic (exact) mass is 488 g/mol. The highest BCUT2D eigenvalue weighted by atomic mass is 35.7. The molecule has 0 bridgehead atoms. The maximum atomic E-state index is 6.99. The van der Waals surface area contributed by atoms with E-state index in [2.05, 4.69) is 0 Å². The third-order valence-corrected chi connectivity index (χ3v) is 32.4. The normalized spacial score (nSPS) is 28.2. The molecule has 0 aliphatic carbocycles. The number of hydrogen-bond acceptors (Lipinski definition) is 0. The largest absolute Gasteiger partial charge is 0.261 e. The third kappa shape index (κ3) is 3.37. The van der Waals surface area contributed by atoms with E-state index < -0.39 is 20.8 Å². The predicted octanol–water partition coefficient (Wildman–Crippen LogP) is 6.63. The first-order valence-electron chi connectivity index (χ1n) is 7.41. The number of hydrogen-bond donors (Lipinski definition) is 0. The van der Waals surface area contributed by atoms with Crippen molar-refractivity contribution in [2.45, 2.75) is 15.9 Å². The van der Waals surface area contributed by atoms with Crippen molar-refractivity contribution in [1.82, 2.24) is 0 Å². The van der Waals surface area contributed by atoms with Gasteiger partial charge in [0.15, 0.2) is 0 Å². The van der Waals surface area contributed by atoms with Gasteiger partial charge in [-0.25, -0.2) is 0 Å². The van der Waals surface area contributed by atoms with Gasteiger partial charge < -0.3 is 0 Å². The lowest BCUT2D eigenvalue weighted by atomic mass is 10.0. The zero-order chi connectivity index (χ0) is 17.5. The van der Waals surface area contributed by atoms with E-state index in [0.29, 0.717) is 0 Å². The SMILES string of the molecule is Cl[SiH](Cl)C1[Si](Cl)(Cl)C(c2ccccc2)C(c2ccccc2)[Si]1(Cl)Cl. The van der Waals surface area contributed by atoms with Gasteiger partial charge in [-0.15, -0.1) is 44.3 Å². The molecule has 0 nitrogen and oxygen atoms in total. The van der Waals surface area contributed by atoms with Crippen LogP contribution in [-0.2, 0) is 0 Å². The van der Waals surface area contributed by atoms with Crippen LogP contribution in [0.1, 0.15) is 22.2 Å². The van der Waals surface area contributed by atoms with Gasteiger partial charge in [0.05, 0.1) is 0 Å². The standard InChI is InChI=1S/C15H14Cl6Si3/c16-22(17)15-23(18,19)13(11-7-3-1-4-8-11)14(24(15,20)21)12-9-5-2-6-10-12/h1-10,13-15,22H. The van der Waals surface area contributed by atoms with Gasteiger partial charge in [-0.2, -0.15) is 22.2 Å². The minimum Gasteiger partial charge on any atom is -0.150 e. The molecule has 0 radical (unpaired) electrons. The minimum atomic E-state index is -2.94. The van der Waals surface area contributed by atoms with Crippen molar-refractivity contribution in [1.29, 1.82) is 0 Å². The quantitative estimate of drug-likeness (QED) is 0.334. The second kappa shape index (κ2) is 7.45. The van der Waals surface area contributed by atoms with Gasteiger partial charge in [-0.3, -0.25) is 0 Å². The topological polar surface area (TPSA) is 0 Å². The van der Waals surface area contributed by atoms with E-state index in [4.69, 9.17) is 66.5 Å². The third-order valence-electron chi connectivity index (χ3n) is 4.56. The van der Waals surface area contributed by atoms with E-state index in [-0.39, 0.29) is 15.9 Å². The molecule has 24 heavy (non-hydrogen) atoms. The van der Waals surface area contributed by atoms with Crippen LogP contribution in [0, 0.1) is 0 Å². The molecule has 0 N–H and O–H groups in total. The molecule has 1 heterocycles. The highest BCUT2D eigenvalue weighted by molar-refractivity contribution is 7.67. The van der Waals surface area contributed by atoms with Gasteiger partial charge in [0.2, 0.25) is 7.42 Å². The molecule has 9 heteroatoms. The molecule has 1 fully saturated rings. The summed E-state index contributed by atoms with van der Waals surface area (Å²) in [6.07, 6.45) is 0. The van der Waals surface area contributed by atoms with Crippen LogP contribution >= 0.6 is 66.5 Å². The van der Waals surface area contributed by atoms with Crippen molar-refractivity contribution in [3.63, 3.8) is 0 Å². The lowest BCUT2D eigenvalue weighted by molar-refractivity contribution is 0.866. The van der Waals surface area contributed by atoms with E-state index in [9.17, 15) is 0 Å². The van der Waals surface area contributed by atoms with Crippen molar-refractivity contribution in [3.8, 4) is 0 Å². The van der Waals surface area contributed by atoms with Crippen LogP contribution in [0.3, 0.4) is 0 Å². The van der Waals surface area contributed by atoms with E-state index in [1.807, 2.05) is 60.7 Å². The van der Waals surface area contributed by atoms with Crippen LogP contribution in [0.2, 0.25) is 4.79 Å². The lowest BCUT2D eigenvalue weighted by Gasteiger charge is -2.28. The van der Waals surface area contributed by atoms with Gasteiger partial charge in [0.1, 0.15) is 0 Å². The first kappa shape index (κ1) is 19.6. The molecule has 0 spiro atoms. The second-order valence-electron chi connectivity index (χ2n) is 5.94. The van der Waals surface area contributed by atoms with Crippen LogP contribution in [-0.4, -0.2) is 20.8 Å². The molecule has 3 rings (SSSR count). The van der Waals surface area contributed by atoms with E-state index in [1.165, 1.54) is 0 Å². The Morgan fingerprint density at radius 2 is 0.958 bits per heavy atom. The van der Waals surface area contributed by atoms with Crippen LogP contribution in [0.5, 0.6) is 0 Å². The van der Waals surface area contributed by atoms with Crippen molar-refractivity contribution < 1.29 is 0 Å². The van der Waals surface area contributed by atoms with Gasteiger partial charge in [-0.1, -0.05) is 60.7 Å². The molecular formula is C15H14Cl6Si3. The summed E-state index contributed by atoms with van der Waals surface area (Å²) in [7, 11) is -2.26. The minimum absolute atomic E-state index is 0.122. The van der Waals surface area contributed by atoms with Gasteiger partial charge in [0, 0.05) is 15.9 Å². The average molecular weight is 491 g/mol. The highest BCUT2D eigenvalue weighted by Gasteiger charge is 2.72. The summed E-state index contributed by atoms with van der Waals surface area (Å²) >= 11 is 40.8. The Morgan fingerprint density at radius 3 is 1.25 bits per heavy atom. The molecule has 2 aromatic rings. The summed E-state index contributed by atoms with van der Waals surface area (Å²) in [5, 5.41) is 0. The van der Waals surface area contributed by atoms with Crippen molar-refractivity contribution in [3.05, 3.63) is 71.8 Å². The van der Waals surface area contributed by atoms with Crippen molar-refractivity contribution in [2.24, 2.45) is 0 Å². The Hall–Kier alpha value is 0.831. The van der Waals surface area contributed by atoms with E-state index in [0.717, 1.165) is 11.1 Å². The second-order valence-corrected chi connectivity index (χ2v) is 26.5. The summed E-state index contributed by atoms with van der Waals surface area (Å²) in [5.41, 5.74) is 1.88. The summed E-state index contributed by atoms with van der Waals surface area (Å²) in [4.78, 5) is -0.310. The van der Waals surface area contributed by atoms with Crippen molar-refractivity contribution in [2.75, 3.05) is 0 Å². The lowest BCUT2D eigenvalue weighted by Crippen LogP contribution is -2.41. The molecule has 1 aliphatic heterocycles. The molecule has 0 saturated carbocycles. The molecule has 1 aliphatic rings. The van der Waals surface area contributed by atoms with Crippen molar-refractivity contribution >= 4 is 87.3 Å². The van der Waals surface area contributed by atoms with Crippen LogP contribution in [0.4, 0.5) is 0 Å². The fraction of sp³-hybridized carbons (Fsp3) is 0.200. The molecule has 2 aromatic carbocycles. The highest BCUT2D eigenvalue weighted by Crippen LogP contribution is 2.67. The maximum absolute atomic E-state index is 6.99. The maximum Gasteiger partial charge on any atom is 0.261 e. The molecule has 0 aromatic heterocycles. The Morgan fingerprint density at radius 1 is 0.625 bits per heavy atom. The van der Waals surface area contributed by atoms with Gasteiger partial charge >= 0.3 is 0 Å². The van der Waals surface area contributed by atoms with Gasteiger partial charge in [-0.05, 0) is 11.1 Å². The molecule has 1 saturated heterocycles. The Bertz CT molecular complexity index is 637. The summed E-state index contributed by atoms with van der Waals surface area (Å²) in [6, 6.07) is 20.0. The zero-order valence-electron chi connectivity index (χ0n) is 12.4. The smallest absolute Gasteiger partial charge is 0.150 e. The first-order chi connectivity index (χ1) is 11.3. The molecule has 2 unspecified atom stereocenters. The number of benzene rings is 2. The molecule has 2 atom stereocenters. The first-order valence-corrected chi connectivity index (χ1v) is 19.9. The predicted molar refractivity (Wildman–Crippen MR) is 116 cm³/mol. The summed E-state index contributed by atoms with van der Waals surface area (Å²) < 4.78 is 0. The fourth-order valence-corrected chi connectivity index (χ4v) is 44.4. The molecular weight excluding hydrogens is 477 g/mol. The van der Waals surface area contributed by atoms with Crippen LogP contribution in [0.15, 0.2) is 60.7 Å².